The van der Waals surface area contributed by atoms with Gasteiger partial charge in [-0.15, -0.1) is 0 Å². The molecular formula is C16H23ClN5O5P. The van der Waals surface area contributed by atoms with Gasteiger partial charge >= 0.3 is 7.60 Å². The zero-order chi connectivity index (χ0) is 20.1. The quantitative estimate of drug-likeness (QED) is 0.423. The monoisotopic (exact) mass is 431 g/mol. The summed E-state index contributed by atoms with van der Waals surface area (Å²) in [5.74, 6) is 0.728. The Morgan fingerprint density at radius 2 is 2.29 bits per heavy atom. The van der Waals surface area contributed by atoms with E-state index in [1.54, 1.807) is 10.9 Å². The van der Waals surface area contributed by atoms with E-state index in [4.69, 9.17) is 36.6 Å². The molecule has 2 aromatic heterocycles. The predicted octanol–water partition coefficient (Wildman–Crippen LogP) is 2.30. The first-order chi connectivity index (χ1) is 13.3. The fourth-order valence-electron chi connectivity index (χ4n) is 2.94. The van der Waals surface area contributed by atoms with Crippen molar-refractivity contribution in [3.63, 3.8) is 0 Å². The van der Waals surface area contributed by atoms with Crippen molar-refractivity contribution in [3.05, 3.63) is 23.4 Å². The first-order valence-corrected chi connectivity index (χ1v) is 11.0. The number of nitrogens with zero attached hydrogens (tertiary/aromatic N) is 4. The molecule has 0 radical (unpaired) electrons. The lowest BCUT2D eigenvalue weighted by atomic mass is 10.1. The van der Waals surface area contributed by atoms with Gasteiger partial charge in [0.15, 0.2) is 17.1 Å². The van der Waals surface area contributed by atoms with E-state index in [0.29, 0.717) is 30.7 Å². The molecule has 2 atom stereocenters. The number of ether oxygens (including phenoxy) is 2. The van der Waals surface area contributed by atoms with E-state index in [9.17, 15) is 4.57 Å². The molecule has 10 nitrogen and oxygen atoms in total. The van der Waals surface area contributed by atoms with E-state index >= 15 is 0 Å². The van der Waals surface area contributed by atoms with Crippen molar-refractivity contribution < 1.29 is 23.8 Å². The van der Waals surface area contributed by atoms with Crippen LogP contribution in [0.1, 0.15) is 25.7 Å². The summed E-state index contributed by atoms with van der Waals surface area (Å²) >= 11 is 6.04. The van der Waals surface area contributed by atoms with Crippen LogP contribution in [0.15, 0.2) is 18.2 Å². The maximum Gasteiger partial charge on any atom is 0.348 e. The summed E-state index contributed by atoms with van der Waals surface area (Å²) in [5.41, 5.74) is 6.61. The number of anilines is 1. The molecule has 1 aliphatic rings. The molecule has 154 valence electrons. The minimum atomic E-state index is -4.25. The van der Waals surface area contributed by atoms with Gasteiger partial charge < -0.3 is 29.6 Å². The molecule has 2 aromatic rings. The summed E-state index contributed by atoms with van der Waals surface area (Å²) in [4.78, 5) is 30.5. The van der Waals surface area contributed by atoms with Crippen LogP contribution in [0.3, 0.4) is 0 Å². The summed E-state index contributed by atoms with van der Waals surface area (Å²) in [6, 6.07) is 0. The summed E-state index contributed by atoms with van der Waals surface area (Å²) in [6.07, 6.45) is 6.20. The van der Waals surface area contributed by atoms with E-state index in [0.717, 1.165) is 25.1 Å². The van der Waals surface area contributed by atoms with Gasteiger partial charge in [-0.05, 0) is 25.7 Å². The van der Waals surface area contributed by atoms with Gasteiger partial charge in [-0.1, -0.05) is 17.7 Å². The number of hydrogen-bond acceptors (Lipinski definition) is 7. The highest BCUT2D eigenvalue weighted by molar-refractivity contribution is 7.55. The van der Waals surface area contributed by atoms with E-state index in [1.807, 2.05) is 0 Å². The van der Waals surface area contributed by atoms with E-state index in [2.05, 4.69) is 15.0 Å². The van der Waals surface area contributed by atoms with E-state index < -0.39 is 7.60 Å². The van der Waals surface area contributed by atoms with E-state index in [-0.39, 0.29) is 29.9 Å². The van der Waals surface area contributed by atoms with Gasteiger partial charge in [0.1, 0.15) is 5.52 Å². The van der Waals surface area contributed by atoms with E-state index in [1.165, 1.54) is 6.08 Å². The van der Waals surface area contributed by atoms with Gasteiger partial charge in [0.2, 0.25) is 5.95 Å². The Bertz CT molecular complexity index is 880. The molecule has 0 spiro atoms. The third-order valence-electron chi connectivity index (χ3n) is 4.37. The molecule has 28 heavy (non-hydrogen) atoms. The van der Waals surface area contributed by atoms with Crippen molar-refractivity contribution in [2.24, 2.45) is 5.92 Å². The lowest BCUT2D eigenvalue weighted by Gasteiger charge is -2.24. The highest BCUT2D eigenvalue weighted by Crippen LogP contribution is 2.37. The summed E-state index contributed by atoms with van der Waals surface area (Å²) in [6.45, 7) is 1.43. The largest absolute Gasteiger partial charge is 0.368 e. The lowest BCUT2D eigenvalue weighted by molar-refractivity contribution is -0.167. The molecular weight excluding hydrogens is 409 g/mol. The topological polar surface area (TPSA) is 146 Å². The first kappa shape index (κ1) is 21.2. The number of nitrogen functional groups attached to an aromatic ring is 1. The second-order valence-electron chi connectivity index (χ2n) is 6.59. The minimum absolute atomic E-state index is 0.0509. The molecule has 0 bridgehead atoms. The Labute approximate surface area is 166 Å². The molecule has 4 N–H and O–H groups in total. The molecule has 0 saturated carbocycles. The van der Waals surface area contributed by atoms with Crippen LogP contribution in [0.2, 0.25) is 5.15 Å². The fraction of sp³-hybridized carbons (Fsp3) is 0.562. The number of imidazole rings is 1. The highest BCUT2D eigenvalue weighted by Gasteiger charge is 2.18. The van der Waals surface area contributed by atoms with Crippen LogP contribution in [0.4, 0.5) is 5.95 Å². The average molecular weight is 432 g/mol. The number of hydrogen-bond donors (Lipinski definition) is 3. The molecule has 1 saturated heterocycles. The van der Waals surface area contributed by atoms with Crippen LogP contribution >= 0.6 is 19.2 Å². The zero-order valence-corrected chi connectivity index (χ0v) is 16.8. The molecule has 0 unspecified atom stereocenters. The summed E-state index contributed by atoms with van der Waals surface area (Å²) in [7, 11) is -4.25. The molecule has 0 aliphatic carbocycles. The highest BCUT2D eigenvalue weighted by atomic mass is 35.5. The van der Waals surface area contributed by atoms with Gasteiger partial charge in [-0.3, -0.25) is 4.57 Å². The second-order valence-corrected chi connectivity index (χ2v) is 8.43. The van der Waals surface area contributed by atoms with Gasteiger partial charge in [0.25, 0.3) is 0 Å². The lowest BCUT2D eigenvalue weighted by Crippen LogP contribution is -2.25. The van der Waals surface area contributed by atoms with Crippen molar-refractivity contribution in [2.75, 3.05) is 18.9 Å². The standard InChI is InChI=1S/C16H23ClN5O5P/c17-14-13-15(21-16(18)20-14)22(10-19-13)6-4-11(5-8-28(23,24)25)9-27-12-3-1-2-7-26-12/h5,8,10-12H,1-4,6-7,9H2,(H2,18,20,21)(H2,23,24,25)/b8-5+/t11-,12+/m1/s1. The maximum atomic E-state index is 11.2. The molecule has 0 amide bonds. The molecule has 0 aromatic carbocycles. The molecule has 1 fully saturated rings. The Morgan fingerprint density at radius 1 is 1.46 bits per heavy atom. The number of rotatable bonds is 8. The summed E-state index contributed by atoms with van der Waals surface area (Å²) < 4.78 is 24.3. The van der Waals surface area contributed by atoms with Crippen molar-refractivity contribution in [3.8, 4) is 0 Å². The van der Waals surface area contributed by atoms with Crippen LogP contribution in [0, 0.1) is 5.92 Å². The Balaban J connectivity index is 1.68. The molecule has 1 aliphatic heterocycles. The third-order valence-corrected chi connectivity index (χ3v) is 5.19. The molecule has 3 heterocycles. The number of nitrogens with two attached hydrogens (primary N) is 1. The third kappa shape index (κ3) is 5.97. The minimum Gasteiger partial charge on any atom is -0.368 e. The zero-order valence-electron chi connectivity index (χ0n) is 15.1. The van der Waals surface area contributed by atoms with Gasteiger partial charge in [-0.2, -0.15) is 9.97 Å². The molecule has 3 rings (SSSR count). The fourth-order valence-corrected chi connectivity index (χ4v) is 3.62. The predicted molar refractivity (Wildman–Crippen MR) is 104 cm³/mol. The van der Waals surface area contributed by atoms with Crippen molar-refractivity contribution in [1.82, 2.24) is 19.5 Å². The van der Waals surface area contributed by atoms with Crippen LogP contribution in [0.25, 0.3) is 11.2 Å². The number of halogens is 1. The van der Waals surface area contributed by atoms with Gasteiger partial charge in [0.05, 0.1) is 12.9 Å². The van der Waals surface area contributed by atoms with Crippen LogP contribution in [-0.2, 0) is 20.6 Å². The first-order valence-electron chi connectivity index (χ1n) is 8.93. The number of aromatic nitrogens is 4. The van der Waals surface area contributed by atoms with Crippen molar-refractivity contribution in [2.45, 2.75) is 38.5 Å². The van der Waals surface area contributed by atoms with Gasteiger partial charge in [0, 0.05) is 24.9 Å². The van der Waals surface area contributed by atoms with Crippen molar-refractivity contribution >= 4 is 36.3 Å². The SMILES string of the molecule is Nc1nc(Cl)c2ncn(CC[C@H](/C=C/P(=O)(O)O)CO[C@H]3CCCCO3)c2n1. The van der Waals surface area contributed by atoms with Crippen LogP contribution in [0.5, 0.6) is 0 Å². The smallest absolute Gasteiger partial charge is 0.348 e. The Hall–Kier alpha value is -1.55. The van der Waals surface area contributed by atoms with Crippen LogP contribution in [-0.4, -0.2) is 48.8 Å². The number of fused-ring (bicyclic) bond motifs is 1. The van der Waals surface area contributed by atoms with Crippen molar-refractivity contribution in [1.29, 1.82) is 0 Å². The molecule has 12 heteroatoms. The van der Waals surface area contributed by atoms with Crippen LogP contribution < -0.4 is 5.73 Å². The Kier molecular flexibility index (Phi) is 7.03. The summed E-state index contributed by atoms with van der Waals surface area (Å²) in [5, 5.41) is 0.178. The average Bonchev–Trinajstić information content (AvgIpc) is 3.04. The number of aryl methyl sites for hydroxylation is 1. The Morgan fingerprint density at radius 3 is 3.00 bits per heavy atom. The normalized spacial score (nSPS) is 19.5. The maximum absolute atomic E-state index is 11.2. The van der Waals surface area contributed by atoms with Gasteiger partial charge in [-0.25, -0.2) is 4.98 Å². The second kappa shape index (κ2) is 9.30.